The number of amides is 1. The van der Waals surface area contributed by atoms with Crippen LogP contribution in [0.3, 0.4) is 0 Å². The number of carbonyl (C=O) groups excluding carboxylic acids is 1. The highest BCUT2D eigenvalue weighted by molar-refractivity contribution is 5.94. The zero-order chi connectivity index (χ0) is 21.6. The van der Waals surface area contributed by atoms with Gasteiger partial charge < -0.3 is 10.6 Å². The lowest BCUT2D eigenvalue weighted by Gasteiger charge is -2.09. The minimum Gasteiger partial charge on any atom is -0.348 e. The molecule has 31 heavy (non-hydrogen) atoms. The molecule has 0 bridgehead atoms. The van der Waals surface area contributed by atoms with Gasteiger partial charge in [-0.3, -0.25) is 4.79 Å². The molecule has 0 spiro atoms. The van der Waals surface area contributed by atoms with E-state index in [9.17, 15) is 9.18 Å². The molecule has 5 nitrogen and oxygen atoms in total. The third kappa shape index (κ3) is 5.30. The van der Waals surface area contributed by atoms with Gasteiger partial charge in [0.2, 0.25) is 0 Å². The summed E-state index contributed by atoms with van der Waals surface area (Å²) in [4.78, 5) is 21.3. The number of aryl methyl sites for hydroxylation is 1. The minimum atomic E-state index is -0.298. The molecule has 1 amide bonds. The summed E-state index contributed by atoms with van der Waals surface area (Å²) < 4.78 is 13.0. The largest absolute Gasteiger partial charge is 0.348 e. The Labute approximate surface area is 180 Å². The van der Waals surface area contributed by atoms with Gasteiger partial charge in [-0.1, -0.05) is 42.0 Å². The molecule has 154 valence electrons. The summed E-state index contributed by atoms with van der Waals surface area (Å²) in [6, 6.07) is 23.0. The second-order valence-corrected chi connectivity index (χ2v) is 7.14. The fraction of sp³-hybridized carbons (Fsp3) is 0.0800. The molecule has 0 aliphatic rings. The van der Waals surface area contributed by atoms with Crippen molar-refractivity contribution in [1.82, 2.24) is 15.3 Å². The highest BCUT2D eigenvalue weighted by Gasteiger charge is 2.07. The van der Waals surface area contributed by atoms with Crippen LogP contribution in [0.1, 0.15) is 21.5 Å². The molecule has 0 unspecified atom stereocenters. The summed E-state index contributed by atoms with van der Waals surface area (Å²) in [5.41, 5.74) is 4.31. The number of carbonyl (C=O) groups is 1. The van der Waals surface area contributed by atoms with Crippen molar-refractivity contribution in [3.05, 3.63) is 108 Å². The number of benzene rings is 3. The molecule has 1 heterocycles. The van der Waals surface area contributed by atoms with Gasteiger partial charge in [0.1, 0.15) is 11.6 Å². The van der Waals surface area contributed by atoms with Crippen LogP contribution in [-0.4, -0.2) is 15.9 Å². The Morgan fingerprint density at radius 3 is 2.32 bits per heavy atom. The van der Waals surface area contributed by atoms with Crippen molar-refractivity contribution in [2.75, 3.05) is 5.32 Å². The van der Waals surface area contributed by atoms with E-state index in [1.54, 1.807) is 36.5 Å². The van der Waals surface area contributed by atoms with Gasteiger partial charge in [-0.15, -0.1) is 0 Å². The minimum absolute atomic E-state index is 0.195. The molecule has 0 aliphatic heterocycles. The lowest BCUT2D eigenvalue weighted by atomic mass is 10.1. The van der Waals surface area contributed by atoms with E-state index >= 15 is 0 Å². The van der Waals surface area contributed by atoms with E-state index < -0.39 is 0 Å². The average molecular weight is 412 g/mol. The summed E-state index contributed by atoms with van der Waals surface area (Å²) in [7, 11) is 0. The Morgan fingerprint density at radius 1 is 0.903 bits per heavy atom. The first-order chi connectivity index (χ1) is 15.1. The van der Waals surface area contributed by atoms with Crippen LogP contribution in [0.2, 0.25) is 0 Å². The molecule has 3 aromatic carbocycles. The quantitative estimate of drug-likeness (QED) is 0.453. The monoisotopic (exact) mass is 412 g/mol. The van der Waals surface area contributed by atoms with E-state index in [1.165, 1.54) is 17.7 Å². The Hall–Kier alpha value is -4.06. The number of anilines is 2. The lowest BCUT2D eigenvalue weighted by Crippen LogP contribution is -2.22. The van der Waals surface area contributed by atoms with Gasteiger partial charge >= 0.3 is 0 Å². The van der Waals surface area contributed by atoms with Crippen LogP contribution in [0.25, 0.3) is 11.4 Å². The van der Waals surface area contributed by atoms with Crippen LogP contribution in [0, 0.1) is 12.7 Å². The molecule has 1 aromatic heterocycles. The number of hydrogen-bond donors (Lipinski definition) is 2. The van der Waals surface area contributed by atoms with Crippen LogP contribution in [0.4, 0.5) is 15.9 Å². The van der Waals surface area contributed by atoms with Crippen molar-refractivity contribution in [3.8, 4) is 11.4 Å². The summed E-state index contributed by atoms with van der Waals surface area (Å²) in [5.74, 6) is 0.813. The number of nitrogens with zero attached hydrogens (tertiary/aromatic N) is 2. The lowest BCUT2D eigenvalue weighted by molar-refractivity contribution is 0.0951. The Morgan fingerprint density at radius 2 is 1.61 bits per heavy atom. The molecule has 0 radical (unpaired) electrons. The van der Waals surface area contributed by atoms with Crippen molar-refractivity contribution in [2.24, 2.45) is 0 Å². The molecule has 4 aromatic rings. The molecule has 0 saturated heterocycles. The van der Waals surface area contributed by atoms with Crippen molar-refractivity contribution in [2.45, 2.75) is 13.5 Å². The number of hydrogen-bond acceptors (Lipinski definition) is 4. The molecule has 0 atom stereocenters. The van der Waals surface area contributed by atoms with E-state index in [0.717, 1.165) is 16.8 Å². The van der Waals surface area contributed by atoms with Crippen molar-refractivity contribution in [3.63, 3.8) is 0 Å². The second kappa shape index (κ2) is 9.17. The average Bonchev–Trinajstić information content (AvgIpc) is 2.80. The van der Waals surface area contributed by atoms with Crippen molar-refractivity contribution >= 4 is 17.4 Å². The second-order valence-electron chi connectivity index (χ2n) is 7.14. The van der Waals surface area contributed by atoms with Crippen molar-refractivity contribution < 1.29 is 9.18 Å². The van der Waals surface area contributed by atoms with E-state index in [2.05, 4.69) is 20.6 Å². The molecule has 0 aliphatic carbocycles. The third-order valence-corrected chi connectivity index (χ3v) is 4.75. The van der Waals surface area contributed by atoms with E-state index in [4.69, 9.17) is 0 Å². The summed E-state index contributed by atoms with van der Waals surface area (Å²) in [6.07, 6.45) is 1.71. The van der Waals surface area contributed by atoms with Gasteiger partial charge in [-0.2, -0.15) is 0 Å². The topological polar surface area (TPSA) is 66.9 Å². The number of aromatic nitrogens is 2. The first-order valence-corrected chi connectivity index (χ1v) is 9.87. The summed E-state index contributed by atoms with van der Waals surface area (Å²) in [6.45, 7) is 2.37. The van der Waals surface area contributed by atoms with Crippen LogP contribution in [0.15, 0.2) is 85.1 Å². The maximum Gasteiger partial charge on any atom is 0.251 e. The van der Waals surface area contributed by atoms with Crippen LogP contribution in [-0.2, 0) is 6.54 Å². The molecule has 0 saturated carbocycles. The molecule has 2 N–H and O–H groups in total. The zero-order valence-corrected chi connectivity index (χ0v) is 17.0. The Bertz CT molecular complexity index is 1170. The van der Waals surface area contributed by atoms with Crippen LogP contribution >= 0.6 is 0 Å². The fourth-order valence-corrected chi connectivity index (χ4v) is 3.01. The van der Waals surface area contributed by atoms with Gasteiger partial charge in [-0.05, 0) is 55.0 Å². The number of rotatable bonds is 6. The van der Waals surface area contributed by atoms with Crippen LogP contribution < -0.4 is 10.6 Å². The maximum atomic E-state index is 13.0. The molecule has 0 fully saturated rings. The standard InChI is InChI=1S/C25H21FN4O/c1-17-2-6-19(7-3-17)24-27-15-14-23(30-24)29-22-12-8-20(9-13-22)25(31)28-16-18-4-10-21(26)11-5-18/h2-15H,16H2,1H3,(H,28,31)(H,27,29,30). The molecular weight excluding hydrogens is 391 g/mol. The SMILES string of the molecule is Cc1ccc(-c2nccc(Nc3ccc(C(=O)NCc4ccc(F)cc4)cc3)n2)cc1. The first-order valence-electron chi connectivity index (χ1n) is 9.87. The predicted octanol–water partition coefficient (Wildman–Crippen LogP) is 5.26. The first kappa shape index (κ1) is 20.2. The van der Waals surface area contributed by atoms with Gasteiger partial charge in [0.05, 0.1) is 0 Å². The third-order valence-electron chi connectivity index (χ3n) is 4.75. The Balaban J connectivity index is 1.39. The molecule has 6 heteroatoms. The maximum absolute atomic E-state index is 13.0. The normalized spacial score (nSPS) is 10.5. The van der Waals surface area contributed by atoms with E-state index in [1.807, 2.05) is 43.3 Å². The van der Waals surface area contributed by atoms with Crippen LogP contribution in [0.5, 0.6) is 0 Å². The van der Waals surface area contributed by atoms with Gasteiger partial charge in [-0.25, -0.2) is 14.4 Å². The Kier molecular flexibility index (Phi) is 5.98. The van der Waals surface area contributed by atoms with Crippen molar-refractivity contribution in [1.29, 1.82) is 0 Å². The highest BCUT2D eigenvalue weighted by Crippen LogP contribution is 2.20. The predicted molar refractivity (Wildman–Crippen MR) is 119 cm³/mol. The fourth-order valence-electron chi connectivity index (χ4n) is 3.01. The smallest absolute Gasteiger partial charge is 0.251 e. The van der Waals surface area contributed by atoms with Gasteiger partial charge in [0.15, 0.2) is 5.82 Å². The zero-order valence-electron chi connectivity index (χ0n) is 17.0. The number of nitrogens with one attached hydrogen (secondary N) is 2. The van der Waals surface area contributed by atoms with E-state index in [0.29, 0.717) is 23.8 Å². The number of halogens is 1. The summed E-state index contributed by atoms with van der Waals surface area (Å²) in [5, 5.41) is 6.07. The summed E-state index contributed by atoms with van der Waals surface area (Å²) >= 11 is 0. The van der Waals surface area contributed by atoms with Gasteiger partial charge in [0.25, 0.3) is 5.91 Å². The molecule has 4 rings (SSSR count). The van der Waals surface area contributed by atoms with Gasteiger partial charge in [0, 0.05) is 29.6 Å². The highest BCUT2D eigenvalue weighted by atomic mass is 19.1. The molecular formula is C25H21FN4O. The van der Waals surface area contributed by atoms with E-state index in [-0.39, 0.29) is 11.7 Å².